The smallest absolute Gasteiger partial charge is 0.245 e. The fraction of sp³-hybridized carbons (Fsp3) is 0.357. The number of piperidine rings is 1. The van der Waals surface area contributed by atoms with Crippen molar-refractivity contribution in [2.24, 2.45) is 0 Å². The van der Waals surface area contributed by atoms with E-state index in [9.17, 15) is 4.21 Å². The summed E-state index contributed by atoms with van der Waals surface area (Å²) >= 11 is -2.05. The quantitative estimate of drug-likeness (QED) is 0.287. The number of nitrogens with zero attached hydrogens (tertiary/aromatic N) is 5. The van der Waals surface area contributed by atoms with Crippen LogP contribution < -0.4 is 14.9 Å². The van der Waals surface area contributed by atoms with Gasteiger partial charge in [0.25, 0.3) is 0 Å². The van der Waals surface area contributed by atoms with Crippen molar-refractivity contribution in [1.29, 1.82) is 0 Å². The summed E-state index contributed by atoms with van der Waals surface area (Å²) in [5, 5.41) is 8.08. The molecular weight excluding hydrogens is 514 g/mol. The molecule has 0 saturated carbocycles. The van der Waals surface area contributed by atoms with Crippen molar-refractivity contribution >= 4 is 34.1 Å². The Bertz CT molecular complexity index is 1430. The summed E-state index contributed by atoms with van der Waals surface area (Å²) in [6.07, 6.45) is 4.17. The van der Waals surface area contributed by atoms with Gasteiger partial charge in [0.05, 0.1) is 30.6 Å². The van der Waals surface area contributed by atoms with Crippen molar-refractivity contribution in [1.82, 2.24) is 24.2 Å². The molecule has 6 rings (SSSR count). The number of hydrogen-bond donors (Lipinski definition) is 3. The third kappa shape index (κ3) is 6.13. The molecule has 2 fully saturated rings. The number of aromatic nitrogens is 3. The van der Waals surface area contributed by atoms with Gasteiger partial charge in [0.2, 0.25) is 17.2 Å². The van der Waals surface area contributed by atoms with Crippen LogP contribution in [0.1, 0.15) is 18.4 Å². The zero-order valence-electron chi connectivity index (χ0n) is 21.7. The molecule has 2 aromatic carbocycles. The molecule has 39 heavy (non-hydrogen) atoms. The molecule has 0 amide bonds. The molecule has 2 aliphatic rings. The van der Waals surface area contributed by atoms with Crippen LogP contribution in [-0.2, 0) is 22.5 Å². The molecule has 10 nitrogen and oxygen atoms in total. The highest BCUT2D eigenvalue weighted by Crippen LogP contribution is 2.26. The fourth-order valence-corrected chi connectivity index (χ4v) is 5.77. The molecule has 2 aromatic heterocycles. The summed E-state index contributed by atoms with van der Waals surface area (Å²) in [7, 11) is 0. The van der Waals surface area contributed by atoms with E-state index in [-0.39, 0.29) is 0 Å². The average Bonchev–Trinajstić information content (AvgIpc) is 3.41. The first-order chi connectivity index (χ1) is 19.1. The fourth-order valence-electron chi connectivity index (χ4n) is 5.48. The van der Waals surface area contributed by atoms with E-state index < -0.39 is 11.3 Å². The van der Waals surface area contributed by atoms with E-state index in [0.717, 1.165) is 67.4 Å². The number of anilines is 3. The second-order valence-electron chi connectivity index (χ2n) is 9.95. The Labute approximate surface area is 230 Å². The van der Waals surface area contributed by atoms with Crippen LogP contribution in [0.4, 0.5) is 17.3 Å². The first-order valence-electron chi connectivity index (χ1n) is 13.3. The third-order valence-corrected chi connectivity index (χ3v) is 7.93. The summed E-state index contributed by atoms with van der Waals surface area (Å²) in [4.78, 5) is 9.56. The van der Waals surface area contributed by atoms with Gasteiger partial charge in [-0.1, -0.05) is 18.2 Å². The van der Waals surface area contributed by atoms with E-state index in [0.29, 0.717) is 18.5 Å². The van der Waals surface area contributed by atoms with Gasteiger partial charge in [-0.2, -0.15) is 0 Å². The van der Waals surface area contributed by atoms with E-state index >= 15 is 0 Å². The van der Waals surface area contributed by atoms with E-state index in [1.54, 1.807) is 6.20 Å². The molecule has 0 aliphatic carbocycles. The van der Waals surface area contributed by atoms with Crippen molar-refractivity contribution in [2.75, 3.05) is 49.6 Å². The van der Waals surface area contributed by atoms with Crippen LogP contribution in [0.25, 0.3) is 16.8 Å². The summed E-state index contributed by atoms with van der Waals surface area (Å²) < 4.78 is 29.9. The normalized spacial score (nSPS) is 17.9. The van der Waals surface area contributed by atoms with Gasteiger partial charge in [-0.25, -0.2) is 18.4 Å². The topological polar surface area (TPSA) is 107 Å². The Morgan fingerprint density at radius 2 is 1.79 bits per heavy atom. The summed E-state index contributed by atoms with van der Waals surface area (Å²) in [6.45, 7) is 6.26. The van der Waals surface area contributed by atoms with Crippen LogP contribution in [-0.4, -0.2) is 73.7 Å². The van der Waals surface area contributed by atoms with Gasteiger partial charge in [0, 0.05) is 55.7 Å². The van der Waals surface area contributed by atoms with Gasteiger partial charge in [-0.15, -0.1) is 5.10 Å². The summed E-state index contributed by atoms with van der Waals surface area (Å²) in [6, 6.07) is 21.0. The van der Waals surface area contributed by atoms with Gasteiger partial charge < -0.3 is 15.0 Å². The van der Waals surface area contributed by atoms with Crippen LogP contribution in [0, 0.1) is 0 Å². The monoisotopic (exact) mass is 547 g/mol. The molecule has 3 N–H and O–H groups in total. The van der Waals surface area contributed by atoms with Crippen molar-refractivity contribution in [2.45, 2.75) is 25.4 Å². The number of ether oxygens (including phenoxy) is 1. The van der Waals surface area contributed by atoms with Crippen LogP contribution in [0.2, 0.25) is 0 Å². The number of morpholine rings is 1. The predicted octanol–water partition coefficient (Wildman–Crippen LogP) is 3.67. The third-order valence-electron chi connectivity index (χ3n) is 7.54. The van der Waals surface area contributed by atoms with E-state index in [4.69, 9.17) is 14.4 Å². The molecule has 1 unspecified atom stereocenters. The second kappa shape index (κ2) is 11.8. The summed E-state index contributed by atoms with van der Waals surface area (Å²) in [5.41, 5.74) is 5.83. The minimum Gasteiger partial charge on any atom is -0.379 e. The van der Waals surface area contributed by atoms with E-state index in [2.05, 4.69) is 49.1 Å². The number of hydrogen-bond acceptors (Lipinski definition) is 7. The highest BCUT2D eigenvalue weighted by atomic mass is 32.2. The van der Waals surface area contributed by atoms with Gasteiger partial charge in [-0.05, 0) is 60.9 Å². The van der Waals surface area contributed by atoms with Crippen molar-refractivity contribution in [3.8, 4) is 11.3 Å². The van der Waals surface area contributed by atoms with E-state index in [1.165, 1.54) is 18.5 Å². The van der Waals surface area contributed by atoms with Gasteiger partial charge >= 0.3 is 0 Å². The lowest BCUT2D eigenvalue weighted by Gasteiger charge is -2.40. The molecule has 1 atom stereocenters. The lowest BCUT2D eigenvalue weighted by atomic mass is 10.0. The Morgan fingerprint density at radius 3 is 2.56 bits per heavy atom. The molecule has 204 valence electrons. The molecule has 2 saturated heterocycles. The van der Waals surface area contributed by atoms with Gasteiger partial charge in [0.15, 0.2) is 0 Å². The molecule has 4 aromatic rings. The highest BCUT2D eigenvalue weighted by molar-refractivity contribution is 7.77. The minimum absolute atomic E-state index is 0.296. The molecular formula is C28H33N7O3S. The minimum atomic E-state index is -2.05. The van der Waals surface area contributed by atoms with Crippen LogP contribution in [0.15, 0.2) is 66.9 Å². The number of rotatable bonds is 8. The maximum atomic E-state index is 11.0. The lowest BCUT2D eigenvalue weighted by molar-refractivity contribution is 0.0115. The van der Waals surface area contributed by atoms with Crippen molar-refractivity contribution in [3.05, 3.63) is 72.4 Å². The standard InChI is InChI=1S/C28H33N7O3S/c36-39(37)30-19-21-2-1-3-22(18-21)27-9-8-26-20-29-28(32-35(26)27)31-23-4-6-24(7-5-23)33-12-10-25(11-13-33)34-14-16-38-17-15-34/h1-9,18,20,25,30H,10-17,19H2,(H,31,32)(H,36,37). The number of benzene rings is 2. The SMILES string of the molecule is O=S(O)NCc1cccc(-c2ccc3cnc(Nc4ccc(N5CCC(N6CCOCC6)CC5)cc4)nn23)c1. The Balaban J connectivity index is 1.12. The Kier molecular flexibility index (Phi) is 7.84. The lowest BCUT2D eigenvalue weighted by Crippen LogP contribution is -2.49. The Morgan fingerprint density at radius 1 is 1.00 bits per heavy atom. The average molecular weight is 548 g/mol. The zero-order chi connectivity index (χ0) is 26.6. The Hall–Kier alpha value is -3.35. The number of fused-ring (bicyclic) bond motifs is 1. The molecule has 11 heteroatoms. The first kappa shape index (κ1) is 25.9. The van der Waals surface area contributed by atoms with Crippen molar-refractivity contribution in [3.63, 3.8) is 0 Å². The van der Waals surface area contributed by atoms with E-state index in [1.807, 2.05) is 40.9 Å². The first-order valence-corrected chi connectivity index (χ1v) is 14.5. The van der Waals surface area contributed by atoms with Crippen LogP contribution in [0.5, 0.6) is 0 Å². The summed E-state index contributed by atoms with van der Waals surface area (Å²) in [5.74, 6) is 0.507. The largest absolute Gasteiger partial charge is 0.379 e. The molecule has 0 radical (unpaired) electrons. The van der Waals surface area contributed by atoms with Crippen LogP contribution >= 0.6 is 0 Å². The second-order valence-corrected chi connectivity index (χ2v) is 10.7. The molecule has 0 bridgehead atoms. The van der Waals surface area contributed by atoms with Crippen LogP contribution in [0.3, 0.4) is 0 Å². The molecule has 0 spiro atoms. The predicted molar refractivity (Wildman–Crippen MR) is 153 cm³/mol. The highest BCUT2D eigenvalue weighted by Gasteiger charge is 2.25. The van der Waals surface area contributed by atoms with Gasteiger partial charge in [0.1, 0.15) is 0 Å². The molecule has 4 heterocycles. The maximum absolute atomic E-state index is 11.0. The zero-order valence-corrected chi connectivity index (χ0v) is 22.5. The van der Waals surface area contributed by atoms with Gasteiger partial charge in [-0.3, -0.25) is 9.45 Å². The number of nitrogens with one attached hydrogen (secondary N) is 2. The van der Waals surface area contributed by atoms with Crippen molar-refractivity contribution < 1.29 is 13.5 Å². The maximum Gasteiger partial charge on any atom is 0.245 e. The molecule has 2 aliphatic heterocycles.